The number of carbonyl (C=O) groups is 1. The number of piperidine rings is 1. The van der Waals surface area contributed by atoms with Gasteiger partial charge in [0.2, 0.25) is 0 Å². The second kappa shape index (κ2) is 6.84. The summed E-state index contributed by atoms with van der Waals surface area (Å²) in [7, 11) is 0. The summed E-state index contributed by atoms with van der Waals surface area (Å²) < 4.78 is 1.81. The van der Waals surface area contributed by atoms with Crippen molar-refractivity contribution in [1.82, 2.24) is 19.7 Å². The molecule has 0 bridgehead atoms. The predicted molar refractivity (Wildman–Crippen MR) is 96.8 cm³/mol. The fourth-order valence-electron chi connectivity index (χ4n) is 3.31. The number of aromatic nitrogens is 3. The summed E-state index contributed by atoms with van der Waals surface area (Å²) in [6.45, 7) is 1.49. The maximum absolute atomic E-state index is 12.3. The van der Waals surface area contributed by atoms with Gasteiger partial charge in [0, 0.05) is 37.7 Å². The first-order valence-electron chi connectivity index (χ1n) is 8.59. The molecule has 3 aromatic heterocycles. The zero-order chi connectivity index (χ0) is 17.9. The van der Waals surface area contributed by atoms with Crippen LogP contribution in [0.1, 0.15) is 28.9 Å². The van der Waals surface area contributed by atoms with E-state index in [1.54, 1.807) is 24.5 Å². The lowest BCUT2D eigenvalue weighted by Crippen LogP contribution is -2.45. The highest BCUT2D eigenvalue weighted by atomic mass is 16.1. The third kappa shape index (κ3) is 2.97. The molecule has 3 aromatic rings. The molecule has 0 radical (unpaired) electrons. The van der Waals surface area contributed by atoms with Gasteiger partial charge in [-0.15, -0.1) is 0 Å². The Hall–Kier alpha value is -3.40. The van der Waals surface area contributed by atoms with Crippen molar-refractivity contribution >= 4 is 17.4 Å². The number of amides is 1. The van der Waals surface area contributed by atoms with Crippen molar-refractivity contribution in [1.29, 1.82) is 5.26 Å². The van der Waals surface area contributed by atoms with Gasteiger partial charge in [0.1, 0.15) is 11.7 Å². The van der Waals surface area contributed by atoms with Crippen molar-refractivity contribution in [3.8, 4) is 6.07 Å². The minimum atomic E-state index is -0.0954. The van der Waals surface area contributed by atoms with Gasteiger partial charge in [-0.05, 0) is 37.1 Å². The van der Waals surface area contributed by atoms with Crippen molar-refractivity contribution < 1.29 is 4.79 Å². The number of imidazole rings is 1. The van der Waals surface area contributed by atoms with Crippen LogP contribution in [-0.2, 0) is 0 Å². The second-order valence-electron chi connectivity index (χ2n) is 6.30. The molecule has 1 amide bonds. The van der Waals surface area contributed by atoms with E-state index in [2.05, 4.69) is 26.3 Å². The molecule has 0 unspecified atom stereocenters. The predicted octanol–water partition coefficient (Wildman–Crippen LogP) is 2.00. The largest absolute Gasteiger partial charge is 0.354 e. The molecule has 130 valence electrons. The summed E-state index contributed by atoms with van der Waals surface area (Å²) in [5.41, 5.74) is 1.89. The van der Waals surface area contributed by atoms with Crippen molar-refractivity contribution in [2.45, 2.75) is 18.9 Å². The SMILES string of the molecule is N#Cc1c(N2CCC(NC(=O)c3cccnc3)CC2)nc2ccccn12. The number of fused-ring (bicyclic) bond motifs is 1. The van der Waals surface area contributed by atoms with E-state index >= 15 is 0 Å². The van der Waals surface area contributed by atoms with E-state index < -0.39 is 0 Å². The van der Waals surface area contributed by atoms with Crippen LogP contribution in [0.2, 0.25) is 0 Å². The van der Waals surface area contributed by atoms with Gasteiger partial charge in [-0.25, -0.2) is 4.98 Å². The smallest absolute Gasteiger partial charge is 0.253 e. The van der Waals surface area contributed by atoms with Crippen LogP contribution in [0.5, 0.6) is 0 Å². The van der Waals surface area contributed by atoms with E-state index in [0.717, 1.165) is 37.4 Å². The van der Waals surface area contributed by atoms with Crippen molar-refractivity contribution in [3.63, 3.8) is 0 Å². The fourth-order valence-corrected chi connectivity index (χ4v) is 3.31. The van der Waals surface area contributed by atoms with Gasteiger partial charge in [-0.3, -0.25) is 14.2 Å². The monoisotopic (exact) mass is 346 g/mol. The Kier molecular flexibility index (Phi) is 4.23. The minimum Gasteiger partial charge on any atom is -0.354 e. The Morgan fingerprint density at radius 2 is 2.08 bits per heavy atom. The topological polar surface area (TPSA) is 86.3 Å². The minimum absolute atomic E-state index is 0.0954. The number of anilines is 1. The quantitative estimate of drug-likeness (QED) is 0.784. The Bertz CT molecular complexity index is 967. The molecule has 0 spiro atoms. The molecule has 1 aliphatic rings. The van der Waals surface area contributed by atoms with Gasteiger partial charge in [-0.1, -0.05) is 6.07 Å². The highest BCUT2D eigenvalue weighted by Crippen LogP contribution is 2.24. The third-order valence-corrected chi connectivity index (χ3v) is 4.67. The first-order chi connectivity index (χ1) is 12.8. The second-order valence-corrected chi connectivity index (χ2v) is 6.30. The van der Waals surface area contributed by atoms with Gasteiger partial charge in [0.05, 0.1) is 5.56 Å². The average molecular weight is 346 g/mol. The molecule has 7 nitrogen and oxygen atoms in total. The van der Waals surface area contributed by atoms with Crippen LogP contribution in [0.4, 0.5) is 5.82 Å². The van der Waals surface area contributed by atoms with Crippen molar-refractivity contribution in [3.05, 3.63) is 60.2 Å². The van der Waals surface area contributed by atoms with E-state index in [4.69, 9.17) is 0 Å². The Labute approximate surface area is 150 Å². The molecule has 7 heteroatoms. The Balaban J connectivity index is 1.44. The lowest BCUT2D eigenvalue weighted by Gasteiger charge is -2.32. The molecule has 26 heavy (non-hydrogen) atoms. The number of nitrogens with zero attached hydrogens (tertiary/aromatic N) is 5. The molecule has 4 heterocycles. The summed E-state index contributed by atoms with van der Waals surface area (Å²) >= 11 is 0. The Morgan fingerprint density at radius 3 is 2.81 bits per heavy atom. The van der Waals surface area contributed by atoms with E-state index in [1.165, 1.54) is 0 Å². The molecular formula is C19H18N6O. The van der Waals surface area contributed by atoms with Crippen molar-refractivity contribution in [2.75, 3.05) is 18.0 Å². The lowest BCUT2D eigenvalue weighted by molar-refractivity contribution is 0.0930. The van der Waals surface area contributed by atoms with Gasteiger partial charge in [0.15, 0.2) is 11.5 Å². The third-order valence-electron chi connectivity index (χ3n) is 4.67. The summed E-state index contributed by atoms with van der Waals surface area (Å²) in [6.07, 6.45) is 6.69. The molecule has 0 saturated carbocycles. The summed E-state index contributed by atoms with van der Waals surface area (Å²) in [5, 5.41) is 12.6. The summed E-state index contributed by atoms with van der Waals surface area (Å²) in [4.78, 5) is 23.0. The molecule has 0 aromatic carbocycles. The van der Waals surface area contributed by atoms with Crippen LogP contribution in [0.3, 0.4) is 0 Å². The van der Waals surface area contributed by atoms with E-state index in [-0.39, 0.29) is 11.9 Å². The number of nitrogens with one attached hydrogen (secondary N) is 1. The molecule has 1 aliphatic heterocycles. The van der Waals surface area contributed by atoms with Crippen LogP contribution in [0.15, 0.2) is 48.9 Å². The van der Waals surface area contributed by atoms with Gasteiger partial charge < -0.3 is 10.2 Å². The molecule has 1 fully saturated rings. The van der Waals surface area contributed by atoms with E-state index in [0.29, 0.717) is 11.3 Å². The van der Waals surface area contributed by atoms with Gasteiger partial charge >= 0.3 is 0 Å². The first kappa shape index (κ1) is 16.1. The number of hydrogen-bond donors (Lipinski definition) is 1. The number of hydrogen-bond acceptors (Lipinski definition) is 5. The highest BCUT2D eigenvalue weighted by molar-refractivity contribution is 5.94. The zero-order valence-electron chi connectivity index (χ0n) is 14.2. The molecule has 1 saturated heterocycles. The number of pyridine rings is 2. The molecule has 1 N–H and O–H groups in total. The van der Waals surface area contributed by atoms with Crippen LogP contribution in [0.25, 0.3) is 5.65 Å². The average Bonchev–Trinajstić information content (AvgIpc) is 3.08. The molecule has 0 atom stereocenters. The van der Waals surface area contributed by atoms with Gasteiger partial charge in [0.25, 0.3) is 5.91 Å². The maximum atomic E-state index is 12.3. The lowest BCUT2D eigenvalue weighted by atomic mass is 10.0. The van der Waals surface area contributed by atoms with E-state index in [1.807, 2.05) is 28.8 Å². The number of nitriles is 1. The standard InChI is InChI=1S/C19H18N6O/c20-12-16-18(23-17-5-1-2-9-25(16)17)24-10-6-15(7-11-24)22-19(26)14-4-3-8-21-13-14/h1-5,8-9,13,15H,6-7,10-11H2,(H,22,26). The highest BCUT2D eigenvalue weighted by Gasteiger charge is 2.25. The Morgan fingerprint density at radius 1 is 1.23 bits per heavy atom. The molecule has 0 aliphatic carbocycles. The summed E-state index contributed by atoms with van der Waals surface area (Å²) in [5.74, 6) is 0.623. The van der Waals surface area contributed by atoms with Gasteiger partial charge in [-0.2, -0.15) is 5.26 Å². The molecule has 4 rings (SSSR count). The first-order valence-corrected chi connectivity index (χ1v) is 8.59. The van der Waals surface area contributed by atoms with E-state index in [9.17, 15) is 10.1 Å². The van der Waals surface area contributed by atoms with Crippen LogP contribution in [0, 0.1) is 11.3 Å². The maximum Gasteiger partial charge on any atom is 0.253 e. The normalized spacial score (nSPS) is 15.0. The van der Waals surface area contributed by atoms with Crippen LogP contribution in [-0.4, -0.2) is 39.4 Å². The fraction of sp³-hybridized carbons (Fsp3) is 0.263. The van der Waals surface area contributed by atoms with Crippen molar-refractivity contribution in [2.24, 2.45) is 0 Å². The number of carbonyl (C=O) groups excluding carboxylic acids is 1. The van der Waals surface area contributed by atoms with Crippen LogP contribution >= 0.6 is 0 Å². The van der Waals surface area contributed by atoms with Crippen LogP contribution < -0.4 is 10.2 Å². The summed E-state index contributed by atoms with van der Waals surface area (Å²) in [6, 6.07) is 11.6. The zero-order valence-corrected chi connectivity index (χ0v) is 14.2. The molecular weight excluding hydrogens is 328 g/mol. The number of rotatable bonds is 3.